The first-order chi connectivity index (χ1) is 9.41. The second-order valence-electron chi connectivity index (χ2n) is 4.13. The lowest BCUT2D eigenvalue weighted by Gasteiger charge is -2.22. The van der Waals surface area contributed by atoms with Crippen LogP contribution in [0.5, 0.6) is 0 Å². The second kappa shape index (κ2) is 5.95. The van der Waals surface area contributed by atoms with Gasteiger partial charge in [-0.05, 0) is 6.07 Å². The van der Waals surface area contributed by atoms with E-state index < -0.39 is 30.0 Å². The van der Waals surface area contributed by atoms with Gasteiger partial charge in [0.1, 0.15) is 11.9 Å². The Labute approximate surface area is 117 Å². The standard InChI is InChI=1S/C9H13F2N3O4P2/c10-9(11)6(18-20)4(3-16-19)17-7(9)14-2-1-5(12)13-8(14)15/h1-2,4,6-7H,3,19-20H2,(H2,12,13,15)/t4-,6?,7-/m1/s1. The van der Waals surface area contributed by atoms with Gasteiger partial charge >= 0.3 is 11.6 Å². The molecule has 0 spiro atoms. The maximum Gasteiger partial charge on any atom is 0.351 e. The normalized spacial score (nSPS) is 28.7. The van der Waals surface area contributed by atoms with Crippen molar-refractivity contribution in [2.45, 2.75) is 24.4 Å². The third-order valence-corrected chi connectivity index (χ3v) is 3.35. The molecule has 1 fully saturated rings. The van der Waals surface area contributed by atoms with Crippen LogP contribution in [0.2, 0.25) is 0 Å². The SMILES string of the molecule is Nc1ccn([C@@H]2O[C@H](COP)C(OP)C2(F)F)c(=O)n1. The van der Waals surface area contributed by atoms with Gasteiger partial charge in [-0.25, -0.2) is 4.79 Å². The van der Waals surface area contributed by atoms with E-state index in [9.17, 15) is 13.6 Å². The number of anilines is 1. The van der Waals surface area contributed by atoms with Crippen LogP contribution in [0.4, 0.5) is 14.6 Å². The minimum Gasteiger partial charge on any atom is -0.383 e. The van der Waals surface area contributed by atoms with Gasteiger partial charge in [-0.15, -0.1) is 0 Å². The van der Waals surface area contributed by atoms with E-state index in [1.807, 2.05) is 9.47 Å². The van der Waals surface area contributed by atoms with Gasteiger partial charge in [-0.1, -0.05) is 0 Å². The van der Waals surface area contributed by atoms with E-state index in [0.717, 1.165) is 6.20 Å². The monoisotopic (exact) mass is 327 g/mol. The summed E-state index contributed by atoms with van der Waals surface area (Å²) in [5.41, 5.74) is 4.39. The van der Waals surface area contributed by atoms with Crippen molar-refractivity contribution in [2.24, 2.45) is 0 Å². The number of hydrogen-bond donors (Lipinski definition) is 1. The molecule has 1 aliphatic heterocycles. The Balaban J connectivity index is 2.38. The van der Waals surface area contributed by atoms with Crippen molar-refractivity contribution < 1.29 is 22.6 Å². The number of rotatable bonds is 4. The van der Waals surface area contributed by atoms with E-state index in [0.29, 0.717) is 4.57 Å². The third-order valence-electron chi connectivity index (χ3n) is 2.86. The van der Waals surface area contributed by atoms with Crippen molar-refractivity contribution in [3.8, 4) is 0 Å². The quantitative estimate of drug-likeness (QED) is 0.803. The molecule has 1 aliphatic rings. The maximum atomic E-state index is 14.3. The zero-order valence-corrected chi connectivity index (χ0v) is 12.4. The summed E-state index contributed by atoms with van der Waals surface area (Å²) in [6.07, 6.45) is -3.33. The van der Waals surface area contributed by atoms with E-state index in [-0.39, 0.29) is 12.4 Å². The van der Waals surface area contributed by atoms with Crippen LogP contribution >= 0.6 is 18.9 Å². The van der Waals surface area contributed by atoms with E-state index in [4.69, 9.17) is 19.5 Å². The maximum absolute atomic E-state index is 14.3. The summed E-state index contributed by atoms with van der Waals surface area (Å²) >= 11 is 0. The molecule has 1 aromatic heterocycles. The van der Waals surface area contributed by atoms with Crippen molar-refractivity contribution in [3.05, 3.63) is 22.7 Å². The van der Waals surface area contributed by atoms with Crippen molar-refractivity contribution in [2.75, 3.05) is 12.3 Å². The highest BCUT2D eigenvalue weighted by Gasteiger charge is 2.60. The summed E-state index contributed by atoms with van der Waals surface area (Å²) < 4.78 is 43.8. The van der Waals surface area contributed by atoms with Crippen LogP contribution in [0.15, 0.2) is 17.1 Å². The van der Waals surface area contributed by atoms with E-state index in [1.54, 1.807) is 9.47 Å². The van der Waals surface area contributed by atoms with E-state index in [2.05, 4.69) is 4.98 Å². The largest absolute Gasteiger partial charge is 0.383 e. The van der Waals surface area contributed by atoms with Gasteiger partial charge in [0.15, 0.2) is 6.10 Å². The highest BCUT2D eigenvalue weighted by Crippen LogP contribution is 2.44. The molecular formula is C9H13F2N3O4P2. The molecule has 1 saturated heterocycles. The van der Waals surface area contributed by atoms with Crippen LogP contribution in [-0.4, -0.2) is 34.3 Å². The lowest BCUT2D eigenvalue weighted by Crippen LogP contribution is -2.42. The number of nitrogen functional groups attached to an aromatic ring is 1. The number of nitrogens with zero attached hydrogens (tertiary/aromatic N) is 2. The van der Waals surface area contributed by atoms with Gasteiger partial charge in [0.05, 0.1) is 6.61 Å². The Morgan fingerprint density at radius 3 is 2.80 bits per heavy atom. The molecule has 2 N–H and O–H groups in total. The predicted octanol–water partition coefficient (Wildman–Crippen LogP) is 0.340. The molecule has 112 valence electrons. The van der Waals surface area contributed by atoms with Gasteiger partial charge < -0.3 is 19.5 Å². The molecule has 20 heavy (non-hydrogen) atoms. The van der Waals surface area contributed by atoms with Gasteiger partial charge in [0.2, 0.25) is 6.23 Å². The van der Waals surface area contributed by atoms with Crippen LogP contribution in [0.1, 0.15) is 6.23 Å². The molecule has 11 heteroatoms. The lowest BCUT2D eigenvalue weighted by molar-refractivity contribution is -0.134. The van der Waals surface area contributed by atoms with Crippen LogP contribution in [-0.2, 0) is 13.8 Å². The Morgan fingerprint density at radius 1 is 1.55 bits per heavy atom. The molecular weight excluding hydrogens is 314 g/mol. The van der Waals surface area contributed by atoms with Gasteiger partial charge in [0, 0.05) is 25.1 Å². The zero-order chi connectivity index (χ0) is 14.9. The molecule has 3 unspecified atom stereocenters. The van der Waals surface area contributed by atoms with Crippen molar-refractivity contribution in [1.29, 1.82) is 0 Å². The summed E-state index contributed by atoms with van der Waals surface area (Å²) in [5.74, 6) is -3.49. The Kier molecular flexibility index (Phi) is 4.66. The van der Waals surface area contributed by atoms with Crippen molar-refractivity contribution in [1.82, 2.24) is 9.55 Å². The molecule has 0 radical (unpaired) electrons. The van der Waals surface area contributed by atoms with Gasteiger partial charge in [-0.3, -0.25) is 4.57 Å². The Hall–Kier alpha value is -0.720. The number of alkyl halides is 2. The first-order valence-corrected chi connectivity index (χ1v) is 6.41. The minimum atomic E-state index is -3.43. The minimum absolute atomic E-state index is 0.0590. The number of ether oxygens (including phenoxy) is 1. The van der Waals surface area contributed by atoms with Crippen LogP contribution in [0, 0.1) is 0 Å². The average molecular weight is 327 g/mol. The summed E-state index contributed by atoms with van der Waals surface area (Å²) in [6, 6.07) is 1.23. The molecule has 5 atom stereocenters. The molecule has 0 saturated carbocycles. The number of halogens is 2. The van der Waals surface area contributed by atoms with Crippen molar-refractivity contribution >= 4 is 24.8 Å². The molecule has 0 aliphatic carbocycles. The highest BCUT2D eigenvalue weighted by atomic mass is 31.0. The highest BCUT2D eigenvalue weighted by molar-refractivity contribution is 7.10. The summed E-state index contributed by atoms with van der Waals surface area (Å²) in [7, 11) is 3.70. The van der Waals surface area contributed by atoms with Crippen LogP contribution in [0.25, 0.3) is 0 Å². The first kappa shape index (κ1) is 15.7. The number of aromatic nitrogens is 2. The molecule has 7 nitrogen and oxygen atoms in total. The van der Waals surface area contributed by atoms with E-state index >= 15 is 0 Å². The first-order valence-electron chi connectivity index (χ1n) is 5.47. The molecule has 0 amide bonds. The average Bonchev–Trinajstić information content (AvgIpc) is 2.61. The molecule has 0 bridgehead atoms. The fourth-order valence-corrected chi connectivity index (χ4v) is 2.52. The fraction of sp³-hybridized carbons (Fsp3) is 0.556. The molecule has 2 heterocycles. The summed E-state index contributed by atoms with van der Waals surface area (Å²) in [6.45, 7) is -0.132. The summed E-state index contributed by atoms with van der Waals surface area (Å²) in [5, 5.41) is 0. The molecule has 1 aromatic rings. The fourth-order valence-electron chi connectivity index (χ4n) is 1.97. The van der Waals surface area contributed by atoms with E-state index in [1.165, 1.54) is 6.07 Å². The van der Waals surface area contributed by atoms with Gasteiger partial charge in [0.25, 0.3) is 0 Å². The Morgan fingerprint density at radius 2 is 2.25 bits per heavy atom. The topological polar surface area (TPSA) is 88.6 Å². The smallest absolute Gasteiger partial charge is 0.351 e. The number of nitrogens with two attached hydrogens (primary N) is 1. The zero-order valence-electron chi connectivity index (χ0n) is 10.1. The molecule has 2 rings (SSSR count). The third kappa shape index (κ3) is 2.69. The second-order valence-corrected chi connectivity index (χ2v) is 4.74. The predicted molar refractivity (Wildman–Crippen MR) is 72.0 cm³/mol. The molecule has 0 aromatic carbocycles. The lowest BCUT2D eigenvalue weighted by atomic mass is 10.1. The van der Waals surface area contributed by atoms with Gasteiger partial charge in [-0.2, -0.15) is 13.8 Å². The van der Waals surface area contributed by atoms with Crippen LogP contribution < -0.4 is 11.4 Å². The summed E-state index contributed by atoms with van der Waals surface area (Å²) in [4.78, 5) is 15.0. The Bertz CT molecular complexity index is 544. The van der Waals surface area contributed by atoms with Crippen molar-refractivity contribution in [3.63, 3.8) is 0 Å². The van der Waals surface area contributed by atoms with Crippen LogP contribution in [0.3, 0.4) is 0 Å². The number of hydrogen-bond acceptors (Lipinski definition) is 6.